The lowest BCUT2D eigenvalue weighted by Crippen LogP contribution is -2.26. The van der Waals surface area contributed by atoms with Crippen molar-refractivity contribution in [3.05, 3.63) is 46.2 Å². The van der Waals surface area contributed by atoms with Gasteiger partial charge in [0.05, 0.1) is 23.0 Å². The maximum absolute atomic E-state index is 8.81. The van der Waals surface area contributed by atoms with Gasteiger partial charge in [-0.1, -0.05) is 19.9 Å². The van der Waals surface area contributed by atoms with Gasteiger partial charge in [0.25, 0.3) is 0 Å². The van der Waals surface area contributed by atoms with Crippen LogP contribution in [0.4, 0.5) is 11.4 Å². The van der Waals surface area contributed by atoms with E-state index in [-0.39, 0.29) is 5.41 Å². The van der Waals surface area contributed by atoms with Crippen LogP contribution in [0.15, 0.2) is 35.7 Å². The van der Waals surface area contributed by atoms with Gasteiger partial charge >= 0.3 is 0 Å². The van der Waals surface area contributed by atoms with Gasteiger partial charge in [0.2, 0.25) is 0 Å². The number of thiophene rings is 1. The molecule has 19 heavy (non-hydrogen) atoms. The van der Waals surface area contributed by atoms with Crippen LogP contribution in [0.25, 0.3) is 0 Å². The van der Waals surface area contributed by atoms with Crippen LogP contribution in [0.2, 0.25) is 0 Å². The summed E-state index contributed by atoms with van der Waals surface area (Å²) in [7, 11) is 0. The molecule has 3 nitrogen and oxygen atoms in total. The highest BCUT2D eigenvalue weighted by Gasteiger charge is 2.21. The van der Waals surface area contributed by atoms with Crippen LogP contribution < -0.4 is 11.1 Å². The van der Waals surface area contributed by atoms with Crippen molar-refractivity contribution in [3.8, 4) is 6.07 Å². The van der Waals surface area contributed by atoms with E-state index >= 15 is 0 Å². The number of rotatable bonds is 4. The summed E-state index contributed by atoms with van der Waals surface area (Å²) in [5.74, 6) is 0. The Morgan fingerprint density at radius 3 is 2.74 bits per heavy atom. The largest absolute Gasteiger partial charge is 0.397 e. The normalized spacial score (nSPS) is 11.0. The number of nitrogens with two attached hydrogens (primary N) is 1. The Kier molecular flexibility index (Phi) is 3.77. The van der Waals surface area contributed by atoms with E-state index in [1.807, 2.05) is 6.07 Å². The zero-order valence-corrected chi connectivity index (χ0v) is 11.9. The second kappa shape index (κ2) is 5.33. The van der Waals surface area contributed by atoms with Crippen LogP contribution in [0.5, 0.6) is 0 Å². The maximum atomic E-state index is 8.81. The van der Waals surface area contributed by atoms with Gasteiger partial charge in [-0.15, -0.1) is 11.3 Å². The second-order valence-corrected chi connectivity index (χ2v) is 6.08. The van der Waals surface area contributed by atoms with Crippen LogP contribution in [-0.2, 0) is 5.41 Å². The highest BCUT2D eigenvalue weighted by atomic mass is 32.1. The number of benzene rings is 1. The quantitative estimate of drug-likeness (QED) is 0.835. The van der Waals surface area contributed by atoms with Crippen molar-refractivity contribution < 1.29 is 0 Å². The second-order valence-electron chi connectivity index (χ2n) is 5.13. The molecule has 0 saturated carbocycles. The number of hydrogen-bond donors (Lipinski definition) is 2. The van der Waals surface area contributed by atoms with E-state index in [0.717, 1.165) is 12.2 Å². The fraction of sp³-hybridized carbons (Fsp3) is 0.267. The topological polar surface area (TPSA) is 61.8 Å². The molecule has 0 aliphatic heterocycles. The molecule has 1 aromatic heterocycles. The molecule has 1 heterocycles. The Morgan fingerprint density at radius 1 is 1.37 bits per heavy atom. The number of nitriles is 1. The smallest absolute Gasteiger partial charge is 0.0992 e. The van der Waals surface area contributed by atoms with Gasteiger partial charge in [-0.05, 0) is 29.6 Å². The third kappa shape index (κ3) is 3.07. The van der Waals surface area contributed by atoms with E-state index < -0.39 is 0 Å². The van der Waals surface area contributed by atoms with Crippen molar-refractivity contribution in [3.63, 3.8) is 0 Å². The molecule has 2 rings (SSSR count). The number of anilines is 2. The first-order valence-electron chi connectivity index (χ1n) is 6.10. The van der Waals surface area contributed by atoms with Gasteiger partial charge in [-0.25, -0.2) is 0 Å². The van der Waals surface area contributed by atoms with Crippen molar-refractivity contribution in [2.45, 2.75) is 19.3 Å². The van der Waals surface area contributed by atoms with Gasteiger partial charge in [0.15, 0.2) is 0 Å². The SMILES string of the molecule is CC(C)(CNc1ccc(C#N)cc1N)c1cccs1. The minimum absolute atomic E-state index is 0.0501. The van der Waals surface area contributed by atoms with Crippen LogP contribution in [0.1, 0.15) is 24.3 Å². The molecule has 0 radical (unpaired) electrons. The zero-order chi connectivity index (χ0) is 13.9. The summed E-state index contributed by atoms with van der Waals surface area (Å²) in [6.07, 6.45) is 0. The molecule has 3 N–H and O–H groups in total. The summed E-state index contributed by atoms with van der Waals surface area (Å²) in [6.45, 7) is 5.20. The summed E-state index contributed by atoms with van der Waals surface area (Å²) >= 11 is 1.76. The van der Waals surface area contributed by atoms with Crippen molar-refractivity contribution in [1.82, 2.24) is 0 Å². The van der Waals surface area contributed by atoms with E-state index in [0.29, 0.717) is 11.3 Å². The average molecular weight is 271 g/mol. The van der Waals surface area contributed by atoms with Gasteiger partial charge in [-0.2, -0.15) is 5.26 Å². The molecule has 4 heteroatoms. The Balaban J connectivity index is 2.09. The number of nitrogens with zero attached hydrogens (tertiary/aromatic N) is 1. The zero-order valence-electron chi connectivity index (χ0n) is 11.1. The Hall–Kier alpha value is -1.99. The molecule has 0 unspecified atom stereocenters. The Morgan fingerprint density at radius 2 is 2.16 bits per heavy atom. The minimum Gasteiger partial charge on any atom is -0.397 e. The molecule has 0 amide bonds. The maximum Gasteiger partial charge on any atom is 0.0992 e. The van der Waals surface area contributed by atoms with Gasteiger partial charge in [0, 0.05) is 16.8 Å². The lowest BCUT2D eigenvalue weighted by Gasteiger charge is -2.24. The Bertz CT molecular complexity index is 594. The number of hydrogen-bond acceptors (Lipinski definition) is 4. The van der Waals surface area contributed by atoms with E-state index in [1.165, 1.54) is 4.88 Å². The third-order valence-electron chi connectivity index (χ3n) is 3.09. The molecule has 0 saturated heterocycles. The Labute approximate surface area is 117 Å². The first-order chi connectivity index (χ1) is 9.03. The van der Waals surface area contributed by atoms with Crippen molar-refractivity contribution in [2.75, 3.05) is 17.6 Å². The fourth-order valence-corrected chi connectivity index (χ4v) is 2.71. The number of nitrogens with one attached hydrogen (secondary N) is 1. The highest BCUT2D eigenvalue weighted by Crippen LogP contribution is 2.29. The van der Waals surface area contributed by atoms with E-state index in [4.69, 9.17) is 11.0 Å². The summed E-state index contributed by atoms with van der Waals surface area (Å²) in [5.41, 5.74) is 8.06. The van der Waals surface area contributed by atoms with Gasteiger partial charge in [0.1, 0.15) is 0 Å². The molecule has 0 spiro atoms. The first kappa shape index (κ1) is 13.4. The standard InChI is InChI=1S/C15H17N3S/c1-15(2,14-4-3-7-19-14)10-18-13-6-5-11(9-16)8-12(13)17/h3-8,18H,10,17H2,1-2H3. The lowest BCUT2D eigenvalue weighted by atomic mass is 9.91. The molecule has 0 aliphatic rings. The molecule has 2 aromatic rings. The highest BCUT2D eigenvalue weighted by molar-refractivity contribution is 7.10. The molecule has 0 fully saturated rings. The van der Waals surface area contributed by atoms with Crippen LogP contribution in [0, 0.1) is 11.3 Å². The molecule has 98 valence electrons. The summed E-state index contributed by atoms with van der Waals surface area (Å²) in [6, 6.07) is 11.6. The van der Waals surface area contributed by atoms with E-state index in [9.17, 15) is 0 Å². The molecular weight excluding hydrogens is 254 g/mol. The molecule has 0 aliphatic carbocycles. The van der Waals surface area contributed by atoms with Gasteiger partial charge in [-0.3, -0.25) is 0 Å². The minimum atomic E-state index is 0.0501. The summed E-state index contributed by atoms with van der Waals surface area (Å²) in [4.78, 5) is 1.34. The predicted octanol–water partition coefficient (Wildman–Crippen LogP) is 3.59. The summed E-state index contributed by atoms with van der Waals surface area (Å²) < 4.78 is 0. The van der Waals surface area contributed by atoms with Crippen molar-refractivity contribution in [2.24, 2.45) is 0 Å². The molecule has 0 bridgehead atoms. The fourth-order valence-electron chi connectivity index (χ4n) is 1.86. The monoisotopic (exact) mass is 271 g/mol. The van der Waals surface area contributed by atoms with Crippen LogP contribution in [0.3, 0.4) is 0 Å². The summed E-state index contributed by atoms with van der Waals surface area (Å²) in [5, 5.41) is 14.3. The number of nitrogen functional groups attached to an aromatic ring is 1. The average Bonchev–Trinajstić information content (AvgIpc) is 2.92. The molecule has 0 atom stereocenters. The van der Waals surface area contributed by atoms with E-state index in [2.05, 4.69) is 42.7 Å². The van der Waals surface area contributed by atoms with Crippen molar-refractivity contribution >= 4 is 22.7 Å². The lowest BCUT2D eigenvalue weighted by molar-refractivity contribution is 0.569. The first-order valence-corrected chi connectivity index (χ1v) is 6.98. The van der Waals surface area contributed by atoms with Crippen molar-refractivity contribution in [1.29, 1.82) is 5.26 Å². The van der Waals surface area contributed by atoms with Crippen LogP contribution in [-0.4, -0.2) is 6.54 Å². The predicted molar refractivity (Wildman–Crippen MR) is 81.4 cm³/mol. The molecule has 1 aromatic carbocycles. The molecular formula is C15H17N3S. The van der Waals surface area contributed by atoms with Crippen LogP contribution >= 0.6 is 11.3 Å². The van der Waals surface area contributed by atoms with Gasteiger partial charge < -0.3 is 11.1 Å². The van der Waals surface area contributed by atoms with E-state index in [1.54, 1.807) is 23.5 Å². The third-order valence-corrected chi connectivity index (χ3v) is 4.33.